The zero-order chi connectivity index (χ0) is 13.7. The minimum atomic E-state index is -1.16. The molecule has 0 aromatic carbocycles. The van der Waals surface area contributed by atoms with Crippen LogP contribution in [0.3, 0.4) is 0 Å². The van der Waals surface area contributed by atoms with E-state index in [0.717, 1.165) is 17.4 Å². The summed E-state index contributed by atoms with van der Waals surface area (Å²) in [5.41, 5.74) is 0.0807. The van der Waals surface area contributed by atoms with Crippen LogP contribution in [0.15, 0.2) is 11.4 Å². The lowest BCUT2D eigenvalue weighted by Crippen LogP contribution is -2.40. The maximum absolute atomic E-state index is 11.7. The van der Waals surface area contributed by atoms with E-state index in [4.69, 9.17) is 5.11 Å². The summed E-state index contributed by atoms with van der Waals surface area (Å²) in [6.07, 6.45) is 0.177. The van der Waals surface area contributed by atoms with Crippen molar-refractivity contribution in [3.8, 4) is 0 Å². The van der Waals surface area contributed by atoms with Crippen molar-refractivity contribution in [3.05, 3.63) is 27.1 Å². The van der Waals surface area contributed by atoms with Crippen molar-refractivity contribution in [2.75, 3.05) is 5.75 Å². The number of thiol groups is 1. The molecule has 0 aliphatic heterocycles. The van der Waals surface area contributed by atoms with Crippen LogP contribution in [0, 0.1) is 10.1 Å². The van der Waals surface area contributed by atoms with Gasteiger partial charge in [0.1, 0.15) is 6.04 Å². The molecule has 0 saturated heterocycles. The number of carboxylic acid groups (broad SMARTS) is 1. The predicted molar refractivity (Wildman–Crippen MR) is 68.3 cm³/mol. The van der Waals surface area contributed by atoms with Crippen LogP contribution in [-0.4, -0.2) is 33.7 Å². The average molecular weight is 290 g/mol. The van der Waals surface area contributed by atoms with E-state index in [1.807, 2.05) is 0 Å². The van der Waals surface area contributed by atoms with Crippen LogP contribution in [0.2, 0.25) is 0 Å². The van der Waals surface area contributed by atoms with Gasteiger partial charge < -0.3 is 10.4 Å². The van der Waals surface area contributed by atoms with E-state index in [1.165, 1.54) is 5.38 Å². The van der Waals surface area contributed by atoms with Gasteiger partial charge >= 0.3 is 11.0 Å². The minimum absolute atomic E-state index is 0.0807. The summed E-state index contributed by atoms with van der Waals surface area (Å²) in [6.45, 7) is 0. The van der Waals surface area contributed by atoms with E-state index in [2.05, 4.69) is 17.9 Å². The molecule has 2 N–H and O–H groups in total. The topological polar surface area (TPSA) is 110 Å². The normalized spacial score (nSPS) is 11.8. The van der Waals surface area contributed by atoms with Crippen LogP contribution in [-0.2, 0) is 4.79 Å². The Kier molecular flexibility index (Phi) is 5.10. The Hall–Kier alpha value is -1.61. The maximum Gasteiger partial charge on any atom is 0.326 e. The van der Waals surface area contributed by atoms with E-state index in [0.29, 0.717) is 5.75 Å². The van der Waals surface area contributed by atoms with Crippen LogP contribution in [0.1, 0.15) is 16.8 Å². The van der Waals surface area contributed by atoms with Gasteiger partial charge in [0.05, 0.1) is 10.5 Å². The van der Waals surface area contributed by atoms with E-state index < -0.39 is 22.8 Å². The second-order valence-corrected chi connectivity index (χ2v) is 4.64. The molecule has 7 nitrogen and oxygen atoms in total. The number of aliphatic carboxylic acids is 1. The van der Waals surface area contributed by atoms with Crippen molar-refractivity contribution in [1.82, 2.24) is 5.32 Å². The SMILES string of the molecule is O=C(NC(CCS)C(=O)O)c1csc([N+](=O)[O-])c1. The second-order valence-electron chi connectivity index (χ2n) is 3.31. The van der Waals surface area contributed by atoms with E-state index in [9.17, 15) is 19.7 Å². The van der Waals surface area contributed by atoms with Crippen molar-refractivity contribution in [3.63, 3.8) is 0 Å². The van der Waals surface area contributed by atoms with Crippen LogP contribution in [0.5, 0.6) is 0 Å². The maximum atomic E-state index is 11.7. The van der Waals surface area contributed by atoms with E-state index in [1.54, 1.807) is 0 Å². The van der Waals surface area contributed by atoms with E-state index >= 15 is 0 Å². The predicted octanol–water partition coefficient (Wildman–Crippen LogP) is 1.16. The van der Waals surface area contributed by atoms with Gasteiger partial charge in [0.15, 0.2) is 0 Å². The molecular weight excluding hydrogens is 280 g/mol. The van der Waals surface area contributed by atoms with Crippen LogP contribution < -0.4 is 5.32 Å². The number of carboxylic acids is 1. The van der Waals surface area contributed by atoms with Gasteiger partial charge in [0.2, 0.25) is 0 Å². The number of amides is 1. The summed E-state index contributed by atoms with van der Waals surface area (Å²) < 4.78 is 0. The number of carbonyl (C=O) groups is 2. The smallest absolute Gasteiger partial charge is 0.326 e. The summed E-state index contributed by atoms with van der Waals surface area (Å²) in [4.78, 5) is 32.3. The monoisotopic (exact) mass is 290 g/mol. The zero-order valence-corrected chi connectivity index (χ0v) is 10.7. The summed E-state index contributed by atoms with van der Waals surface area (Å²) in [5, 5.41) is 22.7. The third-order valence-electron chi connectivity index (χ3n) is 2.05. The molecule has 0 aliphatic rings. The molecule has 0 spiro atoms. The van der Waals surface area contributed by atoms with Gasteiger partial charge in [-0.1, -0.05) is 11.3 Å². The summed E-state index contributed by atoms with van der Waals surface area (Å²) >= 11 is 4.71. The highest BCUT2D eigenvalue weighted by Crippen LogP contribution is 2.22. The minimum Gasteiger partial charge on any atom is -0.480 e. The second kappa shape index (κ2) is 6.36. The average Bonchev–Trinajstić information content (AvgIpc) is 2.77. The van der Waals surface area contributed by atoms with Crippen molar-refractivity contribution in [2.45, 2.75) is 12.5 Å². The Bertz CT molecular complexity index is 473. The molecule has 1 aromatic heterocycles. The molecular formula is C9H10N2O5S2. The molecule has 1 atom stereocenters. The van der Waals surface area contributed by atoms with Crippen molar-refractivity contribution >= 4 is 40.8 Å². The number of nitro groups is 1. The summed E-state index contributed by atoms with van der Waals surface area (Å²) in [5.74, 6) is -1.50. The van der Waals surface area contributed by atoms with Gasteiger partial charge in [-0.25, -0.2) is 4.79 Å². The first-order chi connectivity index (χ1) is 8.45. The van der Waals surface area contributed by atoms with Gasteiger partial charge in [-0.05, 0) is 12.2 Å². The highest BCUT2D eigenvalue weighted by atomic mass is 32.1. The number of rotatable bonds is 6. The Balaban J connectivity index is 2.74. The highest BCUT2D eigenvalue weighted by Gasteiger charge is 2.21. The molecule has 0 fully saturated rings. The molecule has 1 aromatic rings. The number of nitrogens with one attached hydrogen (secondary N) is 1. The summed E-state index contributed by atoms with van der Waals surface area (Å²) in [6, 6.07) is 0.0635. The number of hydrogen-bond donors (Lipinski definition) is 3. The van der Waals surface area contributed by atoms with Crippen molar-refractivity contribution < 1.29 is 19.6 Å². The van der Waals surface area contributed by atoms with Gasteiger partial charge in [0.25, 0.3) is 5.91 Å². The summed E-state index contributed by atoms with van der Waals surface area (Å²) in [7, 11) is 0. The molecule has 9 heteroatoms. The van der Waals surface area contributed by atoms with E-state index in [-0.39, 0.29) is 17.0 Å². The Labute approximate surface area is 111 Å². The van der Waals surface area contributed by atoms with Gasteiger partial charge in [-0.15, -0.1) is 0 Å². The largest absolute Gasteiger partial charge is 0.480 e. The fraction of sp³-hybridized carbons (Fsp3) is 0.333. The molecule has 0 saturated carbocycles. The van der Waals surface area contributed by atoms with Gasteiger partial charge in [-0.3, -0.25) is 14.9 Å². The molecule has 1 rings (SSSR count). The molecule has 98 valence electrons. The number of nitrogens with zero attached hydrogens (tertiary/aromatic N) is 1. The lowest BCUT2D eigenvalue weighted by molar-refractivity contribution is -0.380. The molecule has 0 radical (unpaired) electrons. The highest BCUT2D eigenvalue weighted by molar-refractivity contribution is 7.80. The van der Waals surface area contributed by atoms with Gasteiger partial charge in [-0.2, -0.15) is 12.6 Å². The molecule has 1 unspecified atom stereocenters. The van der Waals surface area contributed by atoms with Crippen molar-refractivity contribution in [2.24, 2.45) is 0 Å². The number of thiophene rings is 1. The van der Waals surface area contributed by atoms with Crippen molar-refractivity contribution in [1.29, 1.82) is 0 Å². The Morgan fingerprint density at radius 2 is 2.28 bits per heavy atom. The number of carbonyl (C=O) groups excluding carboxylic acids is 1. The molecule has 0 aliphatic carbocycles. The standard InChI is InChI=1S/C9H10N2O5S2/c12-8(10-6(1-2-17)9(13)14)5-3-7(11(15)16)18-4-5/h3-4,6,17H,1-2H2,(H,10,12)(H,13,14). The number of hydrogen-bond acceptors (Lipinski definition) is 6. The fourth-order valence-corrected chi connectivity index (χ4v) is 2.13. The van der Waals surface area contributed by atoms with Crippen LogP contribution in [0.25, 0.3) is 0 Å². The zero-order valence-electron chi connectivity index (χ0n) is 9.03. The molecule has 1 amide bonds. The first-order valence-electron chi connectivity index (χ1n) is 4.83. The lowest BCUT2D eigenvalue weighted by Gasteiger charge is -2.12. The lowest BCUT2D eigenvalue weighted by atomic mass is 10.2. The third-order valence-corrected chi connectivity index (χ3v) is 3.19. The quantitative estimate of drug-likeness (QED) is 0.414. The fourth-order valence-electron chi connectivity index (χ4n) is 1.17. The Morgan fingerprint density at radius 3 is 2.72 bits per heavy atom. The van der Waals surface area contributed by atoms with Gasteiger partial charge in [0, 0.05) is 11.4 Å². The molecule has 0 bridgehead atoms. The van der Waals surface area contributed by atoms with Crippen LogP contribution >= 0.6 is 24.0 Å². The molecule has 18 heavy (non-hydrogen) atoms. The first-order valence-corrected chi connectivity index (χ1v) is 6.34. The van der Waals surface area contributed by atoms with Crippen LogP contribution in [0.4, 0.5) is 5.00 Å². The third kappa shape index (κ3) is 3.70. The molecule has 1 heterocycles. The first kappa shape index (κ1) is 14.5. The Morgan fingerprint density at radius 1 is 1.61 bits per heavy atom.